The standard InChI is InChI=1S/C11H23NOS/c13-9-8-12(11-5-4-6-11)7-2-1-3-10-14/h11,13-14H,1-10H2. The fourth-order valence-electron chi connectivity index (χ4n) is 1.96. The van der Waals surface area contributed by atoms with Crippen molar-refractivity contribution in [2.75, 3.05) is 25.4 Å². The lowest BCUT2D eigenvalue weighted by atomic mass is 9.91. The van der Waals surface area contributed by atoms with Crippen LogP contribution in [0.3, 0.4) is 0 Å². The number of hydrogen-bond donors (Lipinski definition) is 2. The molecule has 2 nitrogen and oxygen atoms in total. The molecule has 0 unspecified atom stereocenters. The molecule has 0 amide bonds. The lowest BCUT2D eigenvalue weighted by Gasteiger charge is -2.37. The molecule has 14 heavy (non-hydrogen) atoms. The first kappa shape index (κ1) is 12.3. The van der Waals surface area contributed by atoms with Crippen LogP contribution in [0.1, 0.15) is 38.5 Å². The molecule has 1 saturated carbocycles. The molecule has 1 N–H and O–H groups in total. The zero-order valence-corrected chi connectivity index (χ0v) is 9.88. The summed E-state index contributed by atoms with van der Waals surface area (Å²) < 4.78 is 0. The minimum absolute atomic E-state index is 0.309. The van der Waals surface area contributed by atoms with Crippen LogP contribution in [-0.2, 0) is 0 Å². The topological polar surface area (TPSA) is 23.5 Å². The molecule has 1 aliphatic rings. The molecule has 0 bridgehead atoms. The van der Waals surface area contributed by atoms with E-state index in [9.17, 15) is 0 Å². The van der Waals surface area contributed by atoms with Crippen LogP contribution < -0.4 is 0 Å². The van der Waals surface area contributed by atoms with Gasteiger partial charge in [0, 0.05) is 12.6 Å². The van der Waals surface area contributed by atoms with Crippen LogP contribution in [0.2, 0.25) is 0 Å². The summed E-state index contributed by atoms with van der Waals surface area (Å²) in [5.74, 6) is 1.00. The van der Waals surface area contributed by atoms with Crippen molar-refractivity contribution < 1.29 is 5.11 Å². The van der Waals surface area contributed by atoms with Gasteiger partial charge in [-0.05, 0) is 38.0 Å². The van der Waals surface area contributed by atoms with Gasteiger partial charge in [-0.15, -0.1) is 0 Å². The smallest absolute Gasteiger partial charge is 0.0558 e. The van der Waals surface area contributed by atoms with Crippen LogP contribution in [0.4, 0.5) is 0 Å². The molecular weight excluding hydrogens is 194 g/mol. The van der Waals surface area contributed by atoms with Crippen molar-refractivity contribution in [2.45, 2.75) is 44.6 Å². The second kappa shape index (κ2) is 7.55. The van der Waals surface area contributed by atoms with Gasteiger partial charge in [0.1, 0.15) is 0 Å². The molecule has 0 aromatic heterocycles. The molecular formula is C11H23NOS. The van der Waals surface area contributed by atoms with Gasteiger partial charge < -0.3 is 5.11 Å². The van der Waals surface area contributed by atoms with Crippen molar-refractivity contribution >= 4 is 12.6 Å². The number of aliphatic hydroxyl groups excluding tert-OH is 1. The van der Waals surface area contributed by atoms with Gasteiger partial charge in [-0.25, -0.2) is 0 Å². The highest BCUT2D eigenvalue weighted by Gasteiger charge is 2.23. The van der Waals surface area contributed by atoms with Crippen LogP contribution in [0.5, 0.6) is 0 Å². The van der Waals surface area contributed by atoms with Crippen molar-refractivity contribution in [2.24, 2.45) is 0 Å². The van der Waals surface area contributed by atoms with E-state index in [2.05, 4.69) is 17.5 Å². The van der Waals surface area contributed by atoms with Crippen molar-refractivity contribution in [1.29, 1.82) is 0 Å². The molecule has 0 heterocycles. The summed E-state index contributed by atoms with van der Waals surface area (Å²) in [6, 6.07) is 0.776. The molecule has 3 heteroatoms. The monoisotopic (exact) mass is 217 g/mol. The molecule has 0 saturated heterocycles. The minimum Gasteiger partial charge on any atom is -0.395 e. The second-order valence-electron chi connectivity index (χ2n) is 4.13. The summed E-state index contributed by atoms with van der Waals surface area (Å²) >= 11 is 4.20. The van der Waals surface area contributed by atoms with E-state index in [0.717, 1.165) is 18.3 Å². The highest BCUT2D eigenvalue weighted by atomic mass is 32.1. The Labute approximate surface area is 93.1 Å². The first-order chi connectivity index (χ1) is 6.88. The third-order valence-electron chi connectivity index (χ3n) is 3.08. The molecule has 0 aromatic rings. The van der Waals surface area contributed by atoms with E-state index in [4.69, 9.17) is 5.11 Å². The summed E-state index contributed by atoms with van der Waals surface area (Å²) in [6.45, 7) is 2.34. The number of aliphatic hydroxyl groups is 1. The van der Waals surface area contributed by atoms with Crippen molar-refractivity contribution in [1.82, 2.24) is 4.90 Å². The van der Waals surface area contributed by atoms with Crippen LogP contribution in [0.25, 0.3) is 0 Å². The lowest BCUT2D eigenvalue weighted by Crippen LogP contribution is -2.42. The fourth-order valence-corrected chi connectivity index (χ4v) is 2.18. The zero-order valence-electron chi connectivity index (χ0n) is 8.99. The highest BCUT2D eigenvalue weighted by molar-refractivity contribution is 7.80. The van der Waals surface area contributed by atoms with Gasteiger partial charge in [0.05, 0.1) is 6.61 Å². The molecule has 1 rings (SSSR count). The van der Waals surface area contributed by atoms with Gasteiger partial charge in [0.2, 0.25) is 0 Å². The number of hydrogen-bond acceptors (Lipinski definition) is 3. The van der Waals surface area contributed by atoms with E-state index < -0.39 is 0 Å². The van der Waals surface area contributed by atoms with E-state index in [0.29, 0.717) is 6.61 Å². The lowest BCUT2D eigenvalue weighted by molar-refractivity contribution is 0.0996. The van der Waals surface area contributed by atoms with Gasteiger partial charge in [-0.3, -0.25) is 4.90 Å². The van der Waals surface area contributed by atoms with Crippen molar-refractivity contribution in [3.05, 3.63) is 0 Å². The Balaban J connectivity index is 2.08. The Kier molecular flexibility index (Phi) is 6.65. The van der Waals surface area contributed by atoms with Gasteiger partial charge in [-0.2, -0.15) is 12.6 Å². The highest BCUT2D eigenvalue weighted by Crippen LogP contribution is 2.24. The maximum atomic E-state index is 8.95. The molecule has 0 aromatic carbocycles. The molecule has 0 spiro atoms. The van der Waals surface area contributed by atoms with E-state index in [1.54, 1.807) is 0 Å². The van der Waals surface area contributed by atoms with Crippen LogP contribution in [0.15, 0.2) is 0 Å². The van der Waals surface area contributed by atoms with Gasteiger partial charge in [0.25, 0.3) is 0 Å². The summed E-state index contributed by atoms with van der Waals surface area (Å²) in [4.78, 5) is 2.46. The summed E-state index contributed by atoms with van der Waals surface area (Å²) in [7, 11) is 0. The average Bonchev–Trinajstić information content (AvgIpc) is 2.10. The second-order valence-corrected chi connectivity index (χ2v) is 4.58. The Hall–Kier alpha value is 0.270. The molecule has 0 radical (unpaired) electrons. The van der Waals surface area contributed by atoms with E-state index >= 15 is 0 Å². The van der Waals surface area contributed by atoms with Gasteiger partial charge in [0.15, 0.2) is 0 Å². The largest absolute Gasteiger partial charge is 0.395 e. The first-order valence-corrected chi connectivity index (χ1v) is 6.47. The maximum absolute atomic E-state index is 8.95. The first-order valence-electron chi connectivity index (χ1n) is 5.84. The van der Waals surface area contributed by atoms with Gasteiger partial charge in [-0.1, -0.05) is 12.8 Å². The zero-order chi connectivity index (χ0) is 10.2. The summed E-state index contributed by atoms with van der Waals surface area (Å²) in [5.41, 5.74) is 0. The summed E-state index contributed by atoms with van der Waals surface area (Å²) in [6.07, 6.45) is 7.82. The Morgan fingerprint density at radius 3 is 2.43 bits per heavy atom. The predicted molar refractivity (Wildman–Crippen MR) is 64.0 cm³/mol. The quantitative estimate of drug-likeness (QED) is 0.479. The fraction of sp³-hybridized carbons (Fsp3) is 1.00. The van der Waals surface area contributed by atoms with Crippen LogP contribution >= 0.6 is 12.6 Å². The minimum atomic E-state index is 0.309. The third kappa shape index (κ3) is 4.20. The predicted octanol–water partition coefficient (Wildman–Crippen LogP) is 1.93. The maximum Gasteiger partial charge on any atom is 0.0558 e. The molecule has 1 fully saturated rings. The average molecular weight is 217 g/mol. The molecule has 1 aliphatic carbocycles. The number of nitrogens with zero attached hydrogens (tertiary/aromatic N) is 1. The van der Waals surface area contributed by atoms with E-state index in [1.807, 2.05) is 0 Å². The molecule has 0 atom stereocenters. The van der Waals surface area contributed by atoms with Crippen LogP contribution in [0, 0.1) is 0 Å². The number of thiol groups is 1. The SMILES string of the molecule is OCCN(CCCCCS)C1CCC1. The third-order valence-corrected chi connectivity index (χ3v) is 3.40. The van der Waals surface area contributed by atoms with E-state index in [-0.39, 0.29) is 0 Å². The van der Waals surface area contributed by atoms with Crippen molar-refractivity contribution in [3.63, 3.8) is 0 Å². The Bertz CT molecular complexity index is 139. The Morgan fingerprint density at radius 1 is 1.14 bits per heavy atom. The van der Waals surface area contributed by atoms with Gasteiger partial charge >= 0.3 is 0 Å². The normalized spacial score (nSPS) is 17.4. The number of rotatable bonds is 8. The van der Waals surface area contributed by atoms with Crippen molar-refractivity contribution in [3.8, 4) is 0 Å². The van der Waals surface area contributed by atoms with Crippen LogP contribution in [-0.4, -0.2) is 41.5 Å². The Morgan fingerprint density at radius 2 is 1.93 bits per heavy atom. The summed E-state index contributed by atoms with van der Waals surface area (Å²) in [5, 5.41) is 8.95. The molecule has 0 aliphatic heterocycles. The molecule has 84 valence electrons. The number of unbranched alkanes of at least 4 members (excludes halogenated alkanes) is 2. The van der Waals surface area contributed by atoms with E-state index in [1.165, 1.54) is 45.1 Å².